The SMILES string of the molecule is O=C(Nc1ccccc1SCc1ccsc1)Nc1ccccc1SCc1ccsc1. The van der Waals surface area contributed by atoms with E-state index < -0.39 is 0 Å². The lowest BCUT2D eigenvalue weighted by Gasteiger charge is -2.13. The van der Waals surface area contributed by atoms with Gasteiger partial charge in [-0.05, 0) is 69.0 Å². The predicted molar refractivity (Wildman–Crippen MR) is 133 cm³/mol. The topological polar surface area (TPSA) is 41.1 Å². The van der Waals surface area contributed by atoms with Crippen LogP contribution >= 0.6 is 46.2 Å². The van der Waals surface area contributed by atoms with Crippen LogP contribution in [0.5, 0.6) is 0 Å². The van der Waals surface area contributed by atoms with Crippen molar-refractivity contribution in [3.05, 3.63) is 93.3 Å². The molecule has 2 aromatic heterocycles. The quantitative estimate of drug-likeness (QED) is 0.257. The van der Waals surface area contributed by atoms with Crippen molar-refractivity contribution in [3.8, 4) is 0 Å². The largest absolute Gasteiger partial charge is 0.323 e. The summed E-state index contributed by atoms with van der Waals surface area (Å²) >= 11 is 6.85. The summed E-state index contributed by atoms with van der Waals surface area (Å²) in [5.41, 5.74) is 4.22. The van der Waals surface area contributed by atoms with Gasteiger partial charge in [0.25, 0.3) is 0 Å². The number of thiophene rings is 2. The summed E-state index contributed by atoms with van der Waals surface area (Å²) in [5, 5.41) is 14.5. The molecule has 0 saturated carbocycles. The minimum atomic E-state index is -0.234. The van der Waals surface area contributed by atoms with Gasteiger partial charge in [0.05, 0.1) is 11.4 Å². The maximum Gasteiger partial charge on any atom is 0.323 e. The minimum absolute atomic E-state index is 0.234. The highest BCUT2D eigenvalue weighted by Crippen LogP contribution is 2.32. The van der Waals surface area contributed by atoms with Crippen molar-refractivity contribution in [2.75, 3.05) is 10.6 Å². The number of hydrogen-bond acceptors (Lipinski definition) is 5. The van der Waals surface area contributed by atoms with Gasteiger partial charge in [0, 0.05) is 21.3 Å². The monoisotopic (exact) mass is 468 g/mol. The summed E-state index contributed by atoms with van der Waals surface area (Å²) in [4.78, 5) is 14.8. The predicted octanol–water partition coefficient (Wildman–Crippen LogP) is 8.04. The molecule has 2 aromatic carbocycles. The van der Waals surface area contributed by atoms with Crippen LogP contribution in [0.25, 0.3) is 0 Å². The molecule has 7 heteroatoms. The lowest BCUT2D eigenvalue weighted by Crippen LogP contribution is -2.20. The van der Waals surface area contributed by atoms with Crippen LogP contribution in [0.1, 0.15) is 11.1 Å². The summed E-state index contributed by atoms with van der Waals surface area (Å²) in [6, 6.07) is 19.8. The Morgan fingerprint density at radius 3 is 1.60 bits per heavy atom. The smallest absolute Gasteiger partial charge is 0.307 e. The van der Waals surface area contributed by atoms with Crippen LogP contribution in [0.2, 0.25) is 0 Å². The summed E-state index contributed by atoms with van der Waals surface area (Å²) in [6.07, 6.45) is 0. The number of nitrogens with one attached hydrogen (secondary N) is 2. The summed E-state index contributed by atoms with van der Waals surface area (Å²) in [7, 11) is 0. The molecule has 0 fully saturated rings. The number of urea groups is 1. The van der Waals surface area contributed by atoms with Crippen molar-refractivity contribution in [3.63, 3.8) is 0 Å². The first kappa shape index (κ1) is 21.1. The number of hydrogen-bond donors (Lipinski definition) is 2. The van der Waals surface area contributed by atoms with E-state index in [2.05, 4.69) is 44.3 Å². The van der Waals surface area contributed by atoms with Crippen molar-refractivity contribution < 1.29 is 4.79 Å². The third-order valence-electron chi connectivity index (χ3n) is 4.22. The van der Waals surface area contributed by atoms with Crippen LogP contribution in [0.15, 0.2) is 92.0 Å². The van der Waals surface area contributed by atoms with Crippen LogP contribution in [0.4, 0.5) is 16.2 Å². The third-order valence-corrected chi connectivity index (χ3v) is 7.97. The van der Waals surface area contributed by atoms with Gasteiger partial charge in [0.1, 0.15) is 0 Å². The van der Waals surface area contributed by atoms with Gasteiger partial charge in [-0.2, -0.15) is 22.7 Å². The molecule has 2 amide bonds. The van der Waals surface area contributed by atoms with Gasteiger partial charge < -0.3 is 10.6 Å². The highest BCUT2D eigenvalue weighted by Gasteiger charge is 2.10. The molecule has 0 aliphatic rings. The lowest BCUT2D eigenvalue weighted by atomic mass is 10.3. The van der Waals surface area contributed by atoms with Crippen LogP contribution in [0, 0.1) is 0 Å². The molecule has 0 unspecified atom stereocenters. The number of rotatable bonds is 8. The van der Waals surface area contributed by atoms with Gasteiger partial charge in [0.15, 0.2) is 0 Å². The van der Waals surface area contributed by atoms with Gasteiger partial charge in [-0.3, -0.25) is 0 Å². The fourth-order valence-electron chi connectivity index (χ4n) is 2.74. The van der Waals surface area contributed by atoms with E-state index in [1.54, 1.807) is 46.2 Å². The Bertz CT molecular complexity index is 993. The Morgan fingerprint density at radius 2 is 1.17 bits per heavy atom. The minimum Gasteiger partial charge on any atom is -0.307 e. The van der Waals surface area contributed by atoms with E-state index in [0.717, 1.165) is 32.7 Å². The zero-order valence-corrected chi connectivity index (χ0v) is 19.3. The number of anilines is 2. The highest BCUT2D eigenvalue weighted by molar-refractivity contribution is 7.99. The number of thioether (sulfide) groups is 2. The number of amides is 2. The molecule has 4 aromatic rings. The maximum absolute atomic E-state index is 12.7. The first-order chi connectivity index (χ1) is 14.8. The first-order valence-electron chi connectivity index (χ1n) is 9.32. The molecule has 0 spiro atoms. The second-order valence-electron chi connectivity index (χ2n) is 6.41. The lowest BCUT2D eigenvalue weighted by molar-refractivity contribution is 0.262. The van der Waals surface area contributed by atoms with Crippen LogP contribution < -0.4 is 10.6 Å². The van der Waals surface area contributed by atoms with Crippen molar-refractivity contribution in [1.82, 2.24) is 0 Å². The van der Waals surface area contributed by atoms with Crippen molar-refractivity contribution in [1.29, 1.82) is 0 Å². The van der Waals surface area contributed by atoms with E-state index in [0.29, 0.717) is 0 Å². The summed E-state index contributed by atoms with van der Waals surface area (Å²) in [6.45, 7) is 0. The molecule has 0 radical (unpaired) electrons. The molecule has 2 N–H and O–H groups in total. The fraction of sp³-hybridized carbons (Fsp3) is 0.0870. The van der Waals surface area contributed by atoms with E-state index >= 15 is 0 Å². The molecule has 4 rings (SSSR count). The molecule has 0 aliphatic carbocycles. The number of carbonyl (C=O) groups excluding carboxylic acids is 1. The summed E-state index contributed by atoms with van der Waals surface area (Å²) < 4.78 is 0. The zero-order chi connectivity index (χ0) is 20.6. The van der Waals surface area contributed by atoms with Crippen molar-refractivity contribution >= 4 is 63.6 Å². The number of carbonyl (C=O) groups is 1. The second-order valence-corrected chi connectivity index (χ2v) is 10.0. The van der Waals surface area contributed by atoms with E-state index in [-0.39, 0.29) is 6.03 Å². The normalized spacial score (nSPS) is 10.7. The average Bonchev–Trinajstić information content (AvgIpc) is 3.47. The van der Waals surface area contributed by atoms with E-state index in [9.17, 15) is 4.79 Å². The number of para-hydroxylation sites is 2. The molecule has 0 atom stereocenters. The van der Waals surface area contributed by atoms with E-state index in [1.165, 1.54) is 11.1 Å². The Balaban J connectivity index is 1.39. The highest BCUT2D eigenvalue weighted by atomic mass is 32.2. The molecule has 2 heterocycles. The maximum atomic E-state index is 12.7. The Kier molecular flexibility index (Phi) is 7.53. The second kappa shape index (κ2) is 10.7. The Hall–Kier alpha value is -2.19. The van der Waals surface area contributed by atoms with Crippen LogP contribution in [-0.2, 0) is 11.5 Å². The molecule has 0 aliphatic heterocycles. The van der Waals surface area contributed by atoms with Gasteiger partial charge in [-0.25, -0.2) is 4.79 Å². The van der Waals surface area contributed by atoms with Crippen molar-refractivity contribution in [2.45, 2.75) is 21.3 Å². The standard InChI is InChI=1S/C23H20N2OS4/c26-23(24-19-5-1-3-7-21(19)29-15-17-9-11-27-13-17)25-20-6-2-4-8-22(20)30-16-18-10-12-28-14-18/h1-14H,15-16H2,(H2,24,25,26). The molecule has 0 saturated heterocycles. The van der Waals surface area contributed by atoms with Gasteiger partial charge in [-0.15, -0.1) is 23.5 Å². The molecular weight excluding hydrogens is 449 g/mol. The zero-order valence-electron chi connectivity index (χ0n) is 16.0. The van der Waals surface area contributed by atoms with E-state index in [1.807, 2.05) is 48.5 Å². The van der Waals surface area contributed by atoms with Gasteiger partial charge in [-0.1, -0.05) is 24.3 Å². The third kappa shape index (κ3) is 5.92. The average molecular weight is 469 g/mol. The van der Waals surface area contributed by atoms with Crippen LogP contribution in [0.3, 0.4) is 0 Å². The summed E-state index contributed by atoms with van der Waals surface area (Å²) in [5.74, 6) is 1.76. The number of benzene rings is 2. The molecule has 0 bridgehead atoms. The van der Waals surface area contributed by atoms with Gasteiger partial charge >= 0.3 is 6.03 Å². The Labute approximate surface area is 192 Å². The fourth-order valence-corrected chi connectivity index (χ4v) is 6.19. The Morgan fingerprint density at radius 1 is 0.700 bits per heavy atom. The molecule has 152 valence electrons. The van der Waals surface area contributed by atoms with Gasteiger partial charge in [0.2, 0.25) is 0 Å². The molecular formula is C23H20N2OS4. The molecule has 30 heavy (non-hydrogen) atoms. The van der Waals surface area contributed by atoms with Crippen molar-refractivity contribution in [2.24, 2.45) is 0 Å². The van der Waals surface area contributed by atoms with Crippen LogP contribution in [-0.4, -0.2) is 6.03 Å². The molecule has 3 nitrogen and oxygen atoms in total. The van der Waals surface area contributed by atoms with E-state index in [4.69, 9.17) is 0 Å². The first-order valence-corrected chi connectivity index (χ1v) is 13.2.